The van der Waals surface area contributed by atoms with Crippen LogP contribution in [0.15, 0.2) is 36.0 Å². The van der Waals surface area contributed by atoms with Gasteiger partial charge >= 0.3 is 0 Å². The van der Waals surface area contributed by atoms with E-state index in [2.05, 4.69) is 63.7 Å². The molecule has 1 aliphatic rings. The average molecular weight is 504 g/mol. The zero-order chi connectivity index (χ0) is 22.1. The zero-order valence-corrected chi connectivity index (χ0v) is 21.3. The summed E-state index contributed by atoms with van der Waals surface area (Å²) in [6, 6.07) is 9.58. The molecular weight excluding hydrogens is 474 g/mol. The number of nitrogens with zero attached hydrogens (tertiary/aromatic N) is 4. The normalized spacial score (nSPS) is 18.4. The lowest BCUT2D eigenvalue weighted by molar-refractivity contribution is 0.410. The summed E-state index contributed by atoms with van der Waals surface area (Å²) < 4.78 is 2.10. The molecule has 0 spiro atoms. The maximum absolute atomic E-state index is 6.08. The molecule has 0 atom stereocenters. The number of anilines is 2. The van der Waals surface area contributed by atoms with E-state index in [0.717, 1.165) is 42.7 Å². The molecule has 0 saturated heterocycles. The smallest absolute Gasteiger partial charge is 0.227 e. The molecule has 4 aromatic rings. The molecular formula is C23H30ClN7S2. The molecule has 0 aliphatic heterocycles. The van der Waals surface area contributed by atoms with E-state index in [-0.39, 0.29) is 18.4 Å². The third-order valence-electron chi connectivity index (χ3n) is 5.94. The van der Waals surface area contributed by atoms with Crippen LogP contribution >= 0.6 is 35.1 Å². The summed E-state index contributed by atoms with van der Waals surface area (Å²) in [5.74, 6) is 1.43. The van der Waals surface area contributed by atoms with Crippen LogP contribution in [0.2, 0.25) is 0 Å². The Kier molecular flexibility index (Phi) is 7.53. The maximum atomic E-state index is 6.08. The number of hydrogen-bond donors (Lipinski definition) is 3. The van der Waals surface area contributed by atoms with Crippen LogP contribution < -0.4 is 16.4 Å². The lowest BCUT2D eigenvalue weighted by atomic mass is 9.92. The van der Waals surface area contributed by atoms with Crippen molar-refractivity contribution in [1.29, 1.82) is 0 Å². The number of nitrogens with two attached hydrogens (primary N) is 1. The molecule has 0 aromatic carbocycles. The van der Waals surface area contributed by atoms with Crippen molar-refractivity contribution >= 4 is 58.0 Å². The first-order chi connectivity index (χ1) is 15.6. The largest absolute Gasteiger partial charge is 0.363 e. The lowest BCUT2D eigenvalue weighted by Gasteiger charge is -2.27. The highest BCUT2D eigenvalue weighted by atomic mass is 35.5. The van der Waals surface area contributed by atoms with Crippen LogP contribution in [0.25, 0.3) is 20.9 Å². The summed E-state index contributed by atoms with van der Waals surface area (Å²) in [6.07, 6.45) is 6.04. The second-order valence-electron chi connectivity index (χ2n) is 8.67. The predicted molar refractivity (Wildman–Crippen MR) is 142 cm³/mol. The molecule has 1 fully saturated rings. The predicted octanol–water partition coefficient (Wildman–Crippen LogP) is 5.91. The number of rotatable bonds is 7. The van der Waals surface area contributed by atoms with Crippen LogP contribution in [0.1, 0.15) is 50.4 Å². The molecule has 4 N–H and O–H groups in total. The van der Waals surface area contributed by atoms with Gasteiger partial charge in [-0.05, 0) is 63.1 Å². The quantitative estimate of drug-likeness (QED) is 0.290. The third kappa shape index (κ3) is 5.32. The molecule has 7 nitrogen and oxygen atoms in total. The Bertz CT molecular complexity index is 1180. The van der Waals surface area contributed by atoms with Gasteiger partial charge in [-0.15, -0.1) is 35.1 Å². The van der Waals surface area contributed by atoms with Crippen molar-refractivity contribution in [3.05, 3.63) is 40.8 Å². The first kappa shape index (κ1) is 23.9. The zero-order valence-electron chi connectivity index (χ0n) is 18.8. The van der Waals surface area contributed by atoms with Crippen molar-refractivity contribution in [2.45, 2.75) is 64.2 Å². The van der Waals surface area contributed by atoms with Crippen LogP contribution in [0.3, 0.4) is 0 Å². The summed E-state index contributed by atoms with van der Waals surface area (Å²) in [4.78, 5) is 18.2. The van der Waals surface area contributed by atoms with Gasteiger partial charge in [0.25, 0.3) is 0 Å². The lowest BCUT2D eigenvalue weighted by Crippen LogP contribution is -2.33. The Hall–Kier alpha value is -2.20. The topological polar surface area (TPSA) is 93.7 Å². The molecule has 10 heteroatoms. The monoisotopic (exact) mass is 503 g/mol. The number of aromatic nitrogens is 4. The molecule has 0 bridgehead atoms. The van der Waals surface area contributed by atoms with Gasteiger partial charge in [0.2, 0.25) is 5.95 Å². The van der Waals surface area contributed by atoms with Gasteiger partial charge in [-0.2, -0.15) is 9.97 Å². The fourth-order valence-corrected chi connectivity index (χ4v) is 5.91. The van der Waals surface area contributed by atoms with Gasteiger partial charge in [-0.25, -0.2) is 4.98 Å². The first-order valence-corrected chi connectivity index (χ1v) is 12.9. The highest BCUT2D eigenvalue weighted by Gasteiger charge is 2.21. The molecule has 1 aliphatic carbocycles. The Morgan fingerprint density at radius 3 is 2.67 bits per heavy atom. The standard InChI is InChI=1S/C23H29N7S2.ClH/c1-14(2)30-13-26-20-21(25-12-17-9-10-19(32-17)18-4-3-11-31-18)28-23(29-22(20)30)27-16-7-5-15(24)6-8-16;/h3-4,9-11,13-16H,5-8,12,24H2,1-2H3,(H2,25,27,28,29);1H. The van der Waals surface area contributed by atoms with Crippen molar-refractivity contribution in [2.24, 2.45) is 5.73 Å². The van der Waals surface area contributed by atoms with Crippen molar-refractivity contribution in [3.63, 3.8) is 0 Å². The highest BCUT2D eigenvalue weighted by Crippen LogP contribution is 2.32. The maximum Gasteiger partial charge on any atom is 0.227 e. The van der Waals surface area contributed by atoms with Gasteiger partial charge < -0.3 is 20.9 Å². The van der Waals surface area contributed by atoms with Gasteiger partial charge in [-0.3, -0.25) is 0 Å². The Balaban J connectivity index is 0.00000259. The Morgan fingerprint density at radius 1 is 1.12 bits per heavy atom. The fourth-order valence-electron chi connectivity index (χ4n) is 4.12. The molecule has 5 rings (SSSR count). The van der Waals surface area contributed by atoms with Gasteiger partial charge in [-0.1, -0.05) is 6.07 Å². The molecule has 4 heterocycles. The SMILES string of the molecule is CC(C)n1cnc2c(NCc3ccc(-c4cccs4)s3)nc(NC3CCC(N)CC3)nc21.Cl. The molecule has 33 heavy (non-hydrogen) atoms. The molecule has 0 amide bonds. The summed E-state index contributed by atoms with van der Waals surface area (Å²) >= 11 is 3.58. The summed E-state index contributed by atoms with van der Waals surface area (Å²) in [6.45, 7) is 4.99. The minimum atomic E-state index is 0. The van der Waals surface area contributed by atoms with Crippen LogP contribution in [0.4, 0.5) is 11.8 Å². The minimum Gasteiger partial charge on any atom is -0.363 e. The van der Waals surface area contributed by atoms with Gasteiger partial charge in [0.15, 0.2) is 17.0 Å². The minimum absolute atomic E-state index is 0. The first-order valence-electron chi connectivity index (χ1n) is 11.2. The van der Waals surface area contributed by atoms with Crippen LogP contribution in [-0.4, -0.2) is 31.6 Å². The molecule has 4 aromatic heterocycles. The number of thiophene rings is 2. The summed E-state index contributed by atoms with van der Waals surface area (Å²) in [5.41, 5.74) is 7.75. The van der Waals surface area contributed by atoms with Crippen LogP contribution in [-0.2, 0) is 6.54 Å². The van der Waals surface area contributed by atoms with Crippen molar-refractivity contribution < 1.29 is 0 Å². The van der Waals surface area contributed by atoms with Gasteiger partial charge in [0, 0.05) is 32.8 Å². The van der Waals surface area contributed by atoms with Crippen molar-refractivity contribution in [2.75, 3.05) is 10.6 Å². The number of halogens is 1. The van der Waals surface area contributed by atoms with Crippen LogP contribution in [0.5, 0.6) is 0 Å². The summed E-state index contributed by atoms with van der Waals surface area (Å²) in [5, 5.41) is 9.20. The van der Waals surface area contributed by atoms with Gasteiger partial charge in [0.1, 0.15) is 0 Å². The second kappa shape index (κ2) is 10.4. The van der Waals surface area contributed by atoms with E-state index in [1.807, 2.05) is 17.7 Å². The van der Waals surface area contributed by atoms with E-state index in [1.165, 1.54) is 14.6 Å². The van der Waals surface area contributed by atoms with Gasteiger partial charge in [0.05, 0.1) is 12.9 Å². The third-order valence-corrected chi connectivity index (χ3v) is 8.09. The van der Waals surface area contributed by atoms with Crippen molar-refractivity contribution in [1.82, 2.24) is 19.5 Å². The van der Waals surface area contributed by atoms with E-state index in [4.69, 9.17) is 15.7 Å². The van der Waals surface area contributed by atoms with E-state index < -0.39 is 0 Å². The van der Waals surface area contributed by atoms with E-state index in [9.17, 15) is 0 Å². The number of imidazole rings is 1. The molecule has 1 saturated carbocycles. The van der Waals surface area contributed by atoms with Crippen molar-refractivity contribution in [3.8, 4) is 9.75 Å². The molecule has 0 radical (unpaired) electrons. The van der Waals surface area contributed by atoms with Crippen LogP contribution in [0, 0.1) is 0 Å². The van der Waals surface area contributed by atoms with E-state index in [0.29, 0.717) is 24.6 Å². The number of hydrogen-bond acceptors (Lipinski definition) is 8. The number of fused-ring (bicyclic) bond motifs is 1. The Labute approximate surface area is 208 Å². The Morgan fingerprint density at radius 2 is 1.94 bits per heavy atom. The second-order valence-corrected chi connectivity index (χ2v) is 10.8. The average Bonchev–Trinajstić information content (AvgIpc) is 3.53. The van der Waals surface area contributed by atoms with E-state index in [1.54, 1.807) is 11.3 Å². The summed E-state index contributed by atoms with van der Waals surface area (Å²) in [7, 11) is 0. The molecule has 176 valence electrons. The molecule has 0 unspecified atom stereocenters. The van der Waals surface area contributed by atoms with E-state index >= 15 is 0 Å². The number of nitrogens with one attached hydrogen (secondary N) is 2. The highest BCUT2D eigenvalue weighted by molar-refractivity contribution is 7.21. The fraction of sp³-hybridized carbons (Fsp3) is 0.435.